The van der Waals surface area contributed by atoms with E-state index in [0.29, 0.717) is 18.5 Å². The summed E-state index contributed by atoms with van der Waals surface area (Å²) in [6, 6.07) is 0.239. The molecule has 8 heteroatoms. The van der Waals surface area contributed by atoms with Crippen molar-refractivity contribution in [3.8, 4) is 0 Å². The van der Waals surface area contributed by atoms with Crippen LogP contribution in [-0.4, -0.2) is 56.7 Å². The molecule has 2 fully saturated rings. The summed E-state index contributed by atoms with van der Waals surface area (Å²) in [5, 5.41) is 16.8. The van der Waals surface area contributed by atoms with E-state index in [-0.39, 0.29) is 36.9 Å². The van der Waals surface area contributed by atoms with Crippen LogP contribution in [0.1, 0.15) is 62.7 Å². The molecule has 1 aliphatic heterocycles. The highest BCUT2D eigenvalue weighted by Crippen LogP contribution is 2.38. The van der Waals surface area contributed by atoms with E-state index in [1.807, 2.05) is 13.8 Å². The average molecular weight is 390 g/mol. The number of carboxylic acids is 1. The summed E-state index contributed by atoms with van der Waals surface area (Å²) >= 11 is 0. The normalized spacial score (nSPS) is 23.2. The summed E-state index contributed by atoms with van der Waals surface area (Å²) in [6.07, 6.45) is 9.03. The maximum absolute atomic E-state index is 12.8. The fourth-order valence-electron chi connectivity index (χ4n) is 4.31. The maximum atomic E-state index is 12.8. The van der Waals surface area contributed by atoms with Crippen LogP contribution in [0.5, 0.6) is 0 Å². The lowest BCUT2D eigenvalue weighted by Crippen LogP contribution is -2.40. The molecule has 1 atom stereocenters. The molecule has 2 aliphatic rings. The summed E-state index contributed by atoms with van der Waals surface area (Å²) in [5.74, 6) is -1.25. The van der Waals surface area contributed by atoms with Gasteiger partial charge < -0.3 is 15.3 Å². The van der Waals surface area contributed by atoms with Crippen molar-refractivity contribution in [3.05, 3.63) is 18.0 Å². The van der Waals surface area contributed by atoms with Gasteiger partial charge in [0.05, 0.1) is 17.2 Å². The Labute approximate surface area is 165 Å². The van der Waals surface area contributed by atoms with E-state index in [4.69, 9.17) is 0 Å². The summed E-state index contributed by atoms with van der Waals surface area (Å²) in [7, 11) is 0. The van der Waals surface area contributed by atoms with Crippen molar-refractivity contribution in [2.75, 3.05) is 13.1 Å². The van der Waals surface area contributed by atoms with Gasteiger partial charge in [0, 0.05) is 25.3 Å². The van der Waals surface area contributed by atoms with E-state index in [9.17, 15) is 19.5 Å². The number of nitrogens with one attached hydrogen (secondary N) is 1. The van der Waals surface area contributed by atoms with Gasteiger partial charge in [-0.15, -0.1) is 0 Å². The highest BCUT2D eigenvalue weighted by atomic mass is 16.4. The SMILES string of the molecule is CC(C)C1(C(=O)O)CCN(C(=O)c2cnn(CC(=O)NC3CCCCC3)c2)C1. The van der Waals surface area contributed by atoms with Crippen LogP contribution in [0.15, 0.2) is 12.4 Å². The number of hydrogen-bond acceptors (Lipinski definition) is 4. The van der Waals surface area contributed by atoms with Gasteiger partial charge in [-0.1, -0.05) is 33.1 Å². The van der Waals surface area contributed by atoms with Gasteiger partial charge in [-0.2, -0.15) is 5.10 Å². The van der Waals surface area contributed by atoms with Crippen molar-refractivity contribution < 1.29 is 19.5 Å². The summed E-state index contributed by atoms with van der Waals surface area (Å²) in [6.45, 7) is 4.45. The lowest BCUT2D eigenvalue weighted by Gasteiger charge is -2.28. The predicted octanol–water partition coefficient (Wildman–Crippen LogP) is 1.90. The predicted molar refractivity (Wildman–Crippen MR) is 103 cm³/mol. The second-order valence-electron chi connectivity index (χ2n) is 8.42. The second-order valence-corrected chi connectivity index (χ2v) is 8.42. The van der Waals surface area contributed by atoms with Crippen LogP contribution in [0.2, 0.25) is 0 Å². The molecule has 0 aromatic carbocycles. The van der Waals surface area contributed by atoms with Gasteiger partial charge >= 0.3 is 5.97 Å². The van der Waals surface area contributed by atoms with Crippen molar-refractivity contribution in [1.82, 2.24) is 20.0 Å². The van der Waals surface area contributed by atoms with Gasteiger partial charge in [0.2, 0.25) is 5.91 Å². The molecule has 2 heterocycles. The molecule has 1 aromatic heterocycles. The number of nitrogens with zero attached hydrogens (tertiary/aromatic N) is 3. The number of aromatic nitrogens is 2. The zero-order chi connectivity index (χ0) is 20.3. The van der Waals surface area contributed by atoms with Crippen LogP contribution in [0.4, 0.5) is 0 Å². The fourth-order valence-corrected chi connectivity index (χ4v) is 4.31. The Morgan fingerprint density at radius 1 is 1.29 bits per heavy atom. The first kappa shape index (κ1) is 20.4. The molecule has 0 bridgehead atoms. The first-order chi connectivity index (χ1) is 13.3. The molecule has 1 unspecified atom stereocenters. The molecular weight excluding hydrogens is 360 g/mol. The number of amides is 2. The van der Waals surface area contributed by atoms with Crippen LogP contribution in [0, 0.1) is 11.3 Å². The molecule has 1 saturated heterocycles. The average Bonchev–Trinajstić information content (AvgIpc) is 3.30. The Kier molecular flexibility index (Phi) is 6.05. The van der Waals surface area contributed by atoms with E-state index in [2.05, 4.69) is 10.4 Å². The third kappa shape index (κ3) is 4.20. The summed E-state index contributed by atoms with van der Waals surface area (Å²) in [5.41, 5.74) is -0.513. The van der Waals surface area contributed by atoms with Gasteiger partial charge in [0.1, 0.15) is 6.54 Å². The van der Waals surface area contributed by atoms with Crippen LogP contribution >= 0.6 is 0 Å². The molecule has 8 nitrogen and oxygen atoms in total. The standard InChI is InChI=1S/C20H30N4O4/c1-14(2)20(19(27)28)8-9-23(13-20)18(26)15-10-21-24(11-15)12-17(25)22-16-6-4-3-5-7-16/h10-11,14,16H,3-9,12-13H2,1-2H3,(H,22,25)(H,27,28). The minimum atomic E-state index is -0.897. The Hall–Kier alpha value is -2.38. The first-order valence-corrected chi connectivity index (χ1v) is 10.2. The lowest BCUT2D eigenvalue weighted by atomic mass is 9.76. The minimum Gasteiger partial charge on any atom is -0.481 e. The lowest BCUT2D eigenvalue weighted by molar-refractivity contribution is -0.150. The van der Waals surface area contributed by atoms with Gasteiger partial charge in [-0.05, 0) is 25.2 Å². The Balaban J connectivity index is 1.58. The van der Waals surface area contributed by atoms with Crippen LogP contribution in [-0.2, 0) is 16.1 Å². The number of carbonyl (C=O) groups is 3. The largest absolute Gasteiger partial charge is 0.481 e. The van der Waals surface area contributed by atoms with Crippen LogP contribution in [0.3, 0.4) is 0 Å². The van der Waals surface area contributed by atoms with Crippen molar-refractivity contribution in [1.29, 1.82) is 0 Å². The summed E-state index contributed by atoms with van der Waals surface area (Å²) in [4.78, 5) is 38.3. The Morgan fingerprint density at radius 2 is 2.00 bits per heavy atom. The third-order valence-corrected chi connectivity index (χ3v) is 6.28. The van der Waals surface area contributed by atoms with Crippen molar-refractivity contribution in [3.63, 3.8) is 0 Å². The highest BCUT2D eigenvalue weighted by Gasteiger charge is 2.48. The van der Waals surface area contributed by atoms with Gasteiger partial charge in [-0.3, -0.25) is 19.1 Å². The van der Waals surface area contributed by atoms with Crippen molar-refractivity contribution in [2.24, 2.45) is 11.3 Å². The quantitative estimate of drug-likeness (QED) is 0.772. The molecule has 28 heavy (non-hydrogen) atoms. The Bertz CT molecular complexity index is 738. The molecule has 1 aromatic rings. The van der Waals surface area contributed by atoms with Gasteiger partial charge in [-0.25, -0.2) is 0 Å². The third-order valence-electron chi connectivity index (χ3n) is 6.28. The molecule has 0 radical (unpaired) electrons. The number of carbonyl (C=O) groups excluding carboxylic acids is 2. The van der Waals surface area contributed by atoms with Gasteiger partial charge in [0.15, 0.2) is 0 Å². The van der Waals surface area contributed by atoms with E-state index in [1.54, 1.807) is 11.1 Å². The maximum Gasteiger partial charge on any atom is 0.311 e. The topological polar surface area (TPSA) is 105 Å². The number of hydrogen-bond donors (Lipinski definition) is 2. The number of carboxylic acid groups (broad SMARTS) is 1. The minimum absolute atomic E-state index is 0.0611. The second kappa shape index (κ2) is 8.32. The number of likely N-dealkylation sites (tertiary alicyclic amines) is 1. The van der Waals surface area contributed by atoms with Crippen LogP contribution < -0.4 is 5.32 Å². The summed E-state index contributed by atoms with van der Waals surface area (Å²) < 4.78 is 1.47. The van der Waals surface area contributed by atoms with Crippen LogP contribution in [0.25, 0.3) is 0 Å². The zero-order valence-electron chi connectivity index (χ0n) is 16.7. The van der Waals surface area contributed by atoms with Gasteiger partial charge in [0.25, 0.3) is 5.91 Å². The smallest absolute Gasteiger partial charge is 0.311 e. The van der Waals surface area contributed by atoms with Crippen molar-refractivity contribution in [2.45, 2.75) is 65.0 Å². The van der Waals surface area contributed by atoms with E-state index < -0.39 is 11.4 Å². The molecule has 0 spiro atoms. The fraction of sp³-hybridized carbons (Fsp3) is 0.700. The molecular formula is C20H30N4O4. The molecule has 1 aliphatic carbocycles. The Morgan fingerprint density at radius 3 is 2.61 bits per heavy atom. The van der Waals surface area contributed by atoms with E-state index in [1.165, 1.54) is 17.3 Å². The van der Waals surface area contributed by atoms with E-state index in [0.717, 1.165) is 25.7 Å². The monoisotopic (exact) mass is 390 g/mol. The first-order valence-electron chi connectivity index (χ1n) is 10.2. The highest BCUT2D eigenvalue weighted by molar-refractivity contribution is 5.94. The number of aliphatic carboxylic acids is 1. The molecule has 2 amide bonds. The number of rotatable bonds is 6. The molecule has 154 valence electrons. The molecule has 2 N–H and O–H groups in total. The van der Waals surface area contributed by atoms with Crippen molar-refractivity contribution >= 4 is 17.8 Å². The zero-order valence-corrected chi connectivity index (χ0v) is 16.7. The molecule has 3 rings (SSSR count). The van der Waals surface area contributed by atoms with E-state index >= 15 is 0 Å². The molecule has 1 saturated carbocycles.